The highest BCUT2D eigenvalue weighted by Crippen LogP contribution is 2.14. The van der Waals surface area contributed by atoms with E-state index < -0.39 is 0 Å². The summed E-state index contributed by atoms with van der Waals surface area (Å²) in [5.74, 6) is -0.227. The van der Waals surface area contributed by atoms with Crippen molar-refractivity contribution in [3.63, 3.8) is 0 Å². The second-order valence-electron chi connectivity index (χ2n) is 2.36. The molecule has 1 amide bonds. The molecule has 70 valence electrons. The number of hydrogen-bond donors (Lipinski definition) is 1. The second-order valence-corrected chi connectivity index (χ2v) is 3.24. The Bertz CT molecular complexity index is 284. The number of rotatable bonds is 3. The van der Waals surface area contributed by atoms with Gasteiger partial charge in [0, 0.05) is 10.5 Å². The largest absolute Gasteiger partial charge is 0.277 e. The first-order valence-corrected chi connectivity index (χ1v) is 4.97. The van der Waals surface area contributed by atoms with E-state index in [1.807, 2.05) is 18.4 Å². The van der Waals surface area contributed by atoms with Gasteiger partial charge in [-0.2, -0.15) is 0 Å². The average molecular weight is 197 g/mol. The molecule has 0 saturated carbocycles. The van der Waals surface area contributed by atoms with Gasteiger partial charge in [0.05, 0.1) is 7.11 Å². The predicted molar refractivity (Wildman–Crippen MR) is 52.7 cm³/mol. The first-order chi connectivity index (χ1) is 6.27. The third kappa shape index (κ3) is 2.75. The molecule has 3 nitrogen and oxygen atoms in total. The predicted octanol–water partition coefficient (Wildman–Crippen LogP) is 1.70. The third-order valence-corrected chi connectivity index (χ3v) is 2.29. The molecule has 1 aromatic carbocycles. The van der Waals surface area contributed by atoms with E-state index in [9.17, 15) is 4.79 Å². The first kappa shape index (κ1) is 10.1. The van der Waals surface area contributed by atoms with Gasteiger partial charge in [-0.15, -0.1) is 11.8 Å². The minimum atomic E-state index is -0.227. The van der Waals surface area contributed by atoms with Gasteiger partial charge in [0.2, 0.25) is 0 Å². The van der Waals surface area contributed by atoms with Crippen molar-refractivity contribution in [2.24, 2.45) is 0 Å². The summed E-state index contributed by atoms with van der Waals surface area (Å²) >= 11 is 1.64. The quantitative estimate of drug-likeness (QED) is 0.592. The number of amides is 1. The highest BCUT2D eigenvalue weighted by Gasteiger charge is 2.03. The molecule has 0 aromatic heterocycles. The SMILES string of the molecule is CONC(=O)c1ccc(SC)cc1. The Kier molecular flexibility index (Phi) is 3.79. The molecular weight excluding hydrogens is 186 g/mol. The highest BCUT2D eigenvalue weighted by molar-refractivity contribution is 7.98. The molecule has 0 unspecified atom stereocenters. The van der Waals surface area contributed by atoms with E-state index in [-0.39, 0.29) is 5.91 Å². The lowest BCUT2D eigenvalue weighted by Crippen LogP contribution is -2.21. The number of carbonyl (C=O) groups excluding carboxylic acids is 1. The number of carbonyl (C=O) groups is 1. The molecule has 0 atom stereocenters. The van der Waals surface area contributed by atoms with Crippen molar-refractivity contribution >= 4 is 17.7 Å². The average Bonchev–Trinajstić information content (AvgIpc) is 2.18. The number of benzene rings is 1. The van der Waals surface area contributed by atoms with Crippen LogP contribution in [0.2, 0.25) is 0 Å². The zero-order chi connectivity index (χ0) is 9.68. The summed E-state index contributed by atoms with van der Waals surface area (Å²) < 4.78 is 0. The molecule has 0 heterocycles. The van der Waals surface area contributed by atoms with Crippen LogP contribution in [0.4, 0.5) is 0 Å². The van der Waals surface area contributed by atoms with Crippen molar-refractivity contribution in [1.82, 2.24) is 5.48 Å². The molecule has 0 spiro atoms. The fraction of sp³-hybridized carbons (Fsp3) is 0.222. The Morgan fingerprint density at radius 2 is 2.00 bits per heavy atom. The standard InChI is InChI=1S/C9H11NO2S/c1-12-10-9(11)7-3-5-8(13-2)6-4-7/h3-6H,1-2H3,(H,10,11). The molecule has 1 aromatic rings. The van der Waals surface area contributed by atoms with Crippen LogP contribution in [0.5, 0.6) is 0 Å². The summed E-state index contributed by atoms with van der Waals surface area (Å²) in [6.07, 6.45) is 1.99. The molecule has 4 heteroatoms. The van der Waals surface area contributed by atoms with Crippen molar-refractivity contribution in [2.75, 3.05) is 13.4 Å². The van der Waals surface area contributed by atoms with Gasteiger partial charge in [-0.1, -0.05) is 0 Å². The molecule has 1 rings (SSSR count). The van der Waals surface area contributed by atoms with Crippen molar-refractivity contribution < 1.29 is 9.63 Å². The van der Waals surface area contributed by atoms with Crippen LogP contribution in [0.1, 0.15) is 10.4 Å². The van der Waals surface area contributed by atoms with Crippen LogP contribution >= 0.6 is 11.8 Å². The van der Waals surface area contributed by atoms with E-state index in [0.29, 0.717) is 5.56 Å². The van der Waals surface area contributed by atoms with Crippen molar-refractivity contribution in [2.45, 2.75) is 4.90 Å². The highest BCUT2D eigenvalue weighted by atomic mass is 32.2. The molecule has 1 N–H and O–H groups in total. The van der Waals surface area contributed by atoms with Gasteiger partial charge in [0.15, 0.2) is 0 Å². The summed E-state index contributed by atoms with van der Waals surface area (Å²) in [5, 5.41) is 0. The maximum Gasteiger partial charge on any atom is 0.274 e. The number of hydroxylamine groups is 1. The van der Waals surface area contributed by atoms with Crippen molar-refractivity contribution in [3.8, 4) is 0 Å². The van der Waals surface area contributed by atoms with Gasteiger partial charge < -0.3 is 0 Å². The van der Waals surface area contributed by atoms with Gasteiger partial charge in [0.25, 0.3) is 5.91 Å². The van der Waals surface area contributed by atoms with E-state index in [4.69, 9.17) is 0 Å². The van der Waals surface area contributed by atoms with E-state index in [1.165, 1.54) is 7.11 Å². The molecule has 0 bridgehead atoms. The van der Waals surface area contributed by atoms with E-state index >= 15 is 0 Å². The summed E-state index contributed by atoms with van der Waals surface area (Å²) in [4.78, 5) is 16.8. The summed E-state index contributed by atoms with van der Waals surface area (Å²) in [5.41, 5.74) is 2.85. The maximum atomic E-state index is 11.2. The zero-order valence-corrected chi connectivity index (χ0v) is 8.35. The molecule has 0 aliphatic rings. The minimum absolute atomic E-state index is 0.227. The van der Waals surface area contributed by atoms with Gasteiger partial charge in [-0.25, -0.2) is 5.48 Å². The monoisotopic (exact) mass is 197 g/mol. The fourth-order valence-corrected chi connectivity index (χ4v) is 1.30. The smallest absolute Gasteiger partial charge is 0.274 e. The van der Waals surface area contributed by atoms with Gasteiger partial charge in [-0.3, -0.25) is 9.63 Å². The molecule has 13 heavy (non-hydrogen) atoms. The Morgan fingerprint density at radius 3 is 2.46 bits per heavy atom. The van der Waals surface area contributed by atoms with Crippen LogP contribution in [0, 0.1) is 0 Å². The van der Waals surface area contributed by atoms with Crippen LogP contribution in [0.25, 0.3) is 0 Å². The van der Waals surface area contributed by atoms with Crippen molar-refractivity contribution in [3.05, 3.63) is 29.8 Å². The van der Waals surface area contributed by atoms with Gasteiger partial charge in [0.1, 0.15) is 0 Å². The van der Waals surface area contributed by atoms with Gasteiger partial charge in [-0.05, 0) is 30.5 Å². The van der Waals surface area contributed by atoms with E-state index in [0.717, 1.165) is 4.90 Å². The Labute approximate surface area is 81.4 Å². The molecule has 0 aliphatic carbocycles. The Morgan fingerprint density at radius 1 is 1.38 bits per heavy atom. The second kappa shape index (κ2) is 4.89. The van der Waals surface area contributed by atoms with Crippen LogP contribution in [0.3, 0.4) is 0 Å². The van der Waals surface area contributed by atoms with Crippen molar-refractivity contribution in [1.29, 1.82) is 0 Å². The summed E-state index contributed by atoms with van der Waals surface area (Å²) in [6, 6.07) is 7.32. The lowest BCUT2D eigenvalue weighted by atomic mass is 10.2. The van der Waals surface area contributed by atoms with Crippen LogP contribution in [-0.2, 0) is 4.84 Å². The molecular formula is C9H11NO2S. The lowest BCUT2D eigenvalue weighted by molar-refractivity contribution is 0.0537. The minimum Gasteiger partial charge on any atom is -0.277 e. The first-order valence-electron chi connectivity index (χ1n) is 3.75. The molecule has 0 aliphatic heterocycles. The Hall–Kier alpha value is -1.00. The van der Waals surface area contributed by atoms with Crippen LogP contribution in [0.15, 0.2) is 29.2 Å². The number of hydrogen-bond acceptors (Lipinski definition) is 3. The molecule has 0 saturated heterocycles. The number of nitrogens with one attached hydrogen (secondary N) is 1. The molecule has 0 fully saturated rings. The lowest BCUT2D eigenvalue weighted by Gasteiger charge is -2.02. The summed E-state index contributed by atoms with van der Waals surface area (Å²) in [7, 11) is 1.41. The maximum absolute atomic E-state index is 11.2. The fourth-order valence-electron chi connectivity index (χ4n) is 0.894. The number of thioether (sulfide) groups is 1. The topological polar surface area (TPSA) is 38.3 Å². The Balaban J connectivity index is 2.74. The molecule has 0 radical (unpaired) electrons. The van der Waals surface area contributed by atoms with Crippen LogP contribution < -0.4 is 5.48 Å². The third-order valence-electron chi connectivity index (χ3n) is 1.55. The summed E-state index contributed by atoms with van der Waals surface area (Å²) in [6.45, 7) is 0. The van der Waals surface area contributed by atoms with Gasteiger partial charge >= 0.3 is 0 Å². The van der Waals surface area contributed by atoms with Crippen LogP contribution in [-0.4, -0.2) is 19.3 Å². The van der Waals surface area contributed by atoms with E-state index in [1.54, 1.807) is 23.9 Å². The zero-order valence-electron chi connectivity index (χ0n) is 7.53. The van der Waals surface area contributed by atoms with E-state index in [2.05, 4.69) is 10.3 Å². The normalized spacial score (nSPS) is 9.69.